The molecule has 5 nitrogen and oxygen atoms in total. The lowest BCUT2D eigenvalue weighted by atomic mass is 10.00. The Balaban J connectivity index is 6.08. The largest absolute Gasteiger partial charge is 0.463 e. The first kappa shape index (κ1) is 31.7. The van der Waals surface area contributed by atoms with Crippen molar-refractivity contribution in [2.75, 3.05) is 6.61 Å². The third-order valence-corrected chi connectivity index (χ3v) is 16.3. The van der Waals surface area contributed by atoms with E-state index in [-0.39, 0.29) is 5.97 Å². The van der Waals surface area contributed by atoms with Crippen LogP contribution in [0.25, 0.3) is 0 Å². The van der Waals surface area contributed by atoms with Crippen LogP contribution in [-0.2, 0) is 23.2 Å². The minimum Gasteiger partial charge on any atom is -0.463 e. The second-order valence-corrected chi connectivity index (χ2v) is 18.2. The van der Waals surface area contributed by atoms with Gasteiger partial charge in [0.25, 0.3) is 0 Å². The molecule has 0 aliphatic rings. The molecule has 33 heavy (non-hydrogen) atoms. The van der Waals surface area contributed by atoms with Crippen molar-refractivity contribution in [2.24, 2.45) is 0 Å². The third kappa shape index (κ3) is 9.47. The van der Waals surface area contributed by atoms with Gasteiger partial charge in [0.1, 0.15) is 11.7 Å². The van der Waals surface area contributed by atoms with Crippen molar-refractivity contribution in [3.8, 4) is 0 Å². The number of rotatable bonds is 17. The monoisotopic (exact) mass is 496 g/mol. The van der Waals surface area contributed by atoms with E-state index < -0.39 is 28.3 Å². The molecule has 7 heteroatoms. The van der Waals surface area contributed by atoms with Crippen LogP contribution in [0.15, 0.2) is 36.0 Å². The predicted molar refractivity (Wildman–Crippen MR) is 143 cm³/mol. The van der Waals surface area contributed by atoms with Gasteiger partial charge in [-0.25, -0.2) is 4.79 Å². The van der Waals surface area contributed by atoms with E-state index in [1.54, 1.807) is 26.0 Å². The van der Waals surface area contributed by atoms with E-state index >= 15 is 0 Å². The van der Waals surface area contributed by atoms with Gasteiger partial charge in [0.15, 0.2) is 22.9 Å². The molecule has 0 aromatic carbocycles. The Morgan fingerprint density at radius 3 is 1.79 bits per heavy atom. The number of carbonyl (C=O) groups excluding carboxylic acids is 2. The standard InChI is InChI=1S/C26H48O5Si2/c1-10-29-25(28)23(8)20-18-17-19-21-26(9,31-33(14-5,15-6)16-7)24(22-27)30-32(11-2,12-3)13-4/h17-22,24H,10-16H2,1-9H3/b18-17+,21-19?,23-20+/t24-,26+/m0/s1. The molecule has 0 N–H and O–H groups in total. The topological polar surface area (TPSA) is 61.8 Å². The molecule has 0 aliphatic carbocycles. The average molecular weight is 497 g/mol. The molecule has 0 unspecified atom stereocenters. The van der Waals surface area contributed by atoms with Crippen molar-refractivity contribution in [3.63, 3.8) is 0 Å². The maximum Gasteiger partial charge on any atom is 0.333 e. The first-order valence-electron chi connectivity index (χ1n) is 12.6. The van der Waals surface area contributed by atoms with Crippen molar-refractivity contribution in [2.45, 2.75) is 110 Å². The Labute approximate surface area is 204 Å². The molecule has 0 aromatic heterocycles. The molecule has 0 rings (SSSR count). The quantitative estimate of drug-likeness (QED) is 0.0714. The van der Waals surface area contributed by atoms with Crippen molar-refractivity contribution < 1.29 is 23.2 Å². The first-order chi connectivity index (χ1) is 15.6. The number of hydrogen-bond donors (Lipinski definition) is 0. The van der Waals surface area contributed by atoms with E-state index in [9.17, 15) is 9.59 Å². The van der Waals surface area contributed by atoms with Gasteiger partial charge in [-0.1, -0.05) is 71.9 Å². The fourth-order valence-corrected chi connectivity index (χ4v) is 9.87. The van der Waals surface area contributed by atoms with Crippen LogP contribution in [-0.4, -0.2) is 47.2 Å². The first-order valence-corrected chi connectivity index (χ1v) is 17.7. The van der Waals surface area contributed by atoms with Crippen molar-refractivity contribution in [3.05, 3.63) is 36.0 Å². The second kappa shape index (κ2) is 15.6. The number of aldehydes is 1. The number of allylic oxidation sites excluding steroid dienone is 4. The van der Waals surface area contributed by atoms with Gasteiger partial charge in [-0.05, 0) is 57.0 Å². The van der Waals surface area contributed by atoms with Crippen LogP contribution in [0.5, 0.6) is 0 Å². The van der Waals surface area contributed by atoms with Gasteiger partial charge in [0.05, 0.1) is 6.61 Å². The smallest absolute Gasteiger partial charge is 0.333 e. The Bertz CT molecular complexity index is 662. The highest BCUT2D eigenvalue weighted by atomic mass is 28.4. The molecule has 0 amide bonds. The van der Waals surface area contributed by atoms with Gasteiger partial charge in [-0.3, -0.25) is 0 Å². The van der Waals surface area contributed by atoms with E-state index in [1.165, 1.54) is 0 Å². The summed E-state index contributed by atoms with van der Waals surface area (Å²) in [7, 11) is -4.04. The number of hydrogen-bond acceptors (Lipinski definition) is 5. The van der Waals surface area contributed by atoms with Gasteiger partial charge < -0.3 is 18.4 Å². The third-order valence-electron chi connectivity index (χ3n) is 6.96. The normalized spacial score (nSPS) is 16.2. The summed E-state index contributed by atoms with van der Waals surface area (Å²) in [5.41, 5.74) is -0.313. The van der Waals surface area contributed by atoms with Crippen molar-refractivity contribution in [1.82, 2.24) is 0 Å². The maximum atomic E-state index is 12.4. The van der Waals surface area contributed by atoms with E-state index in [0.717, 1.165) is 42.6 Å². The average Bonchev–Trinajstić information content (AvgIpc) is 2.83. The summed E-state index contributed by atoms with van der Waals surface area (Å²) >= 11 is 0. The molecule has 0 saturated heterocycles. The molecule has 0 aliphatic heterocycles. The van der Waals surface area contributed by atoms with Crippen molar-refractivity contribution in [1.29, 1.82) is 0 Å². The molecule has 2 atom stereocenters. The zero-order valence-corrected chi connectivity index (χ0v) is 24.5. The van der Waals surface area contributed by atoms with Crippen LogP contribution in [0.1, 0.15) is 62.3 Å². The Morgan fingerprint density at radius 1 is 0.848 bits per heavy atom. The maximum absolute atomic E-state index is 12.4. The molecule has 0 heterocycles. The summed E-state index contributed by atoms with van der Waals surface area (Å²) in [6, 6.07) is 5.89. The van der Waals surface area contributed by atoms with E-state index in [4.69, 9.17) is 13.6 Å². The van der Waals surface area contributed by atoms with Gasteiger partial charge >= 0.3 is 5.97 Å². The van der Waals surface area contributed by atoms with Gasteiger partial charge in [-0.2, -0.15) is 0 Å². The lowest BCUT2D eigenvalue weighted by Gasteiger charge is -2.44. The van der Waals surface area contributed by atoms with Crippen LogP contribution in [0.3, 0.4) is 0 Å². The Morgan fingerprint density at radius 2 is 1.36 bits per heavy atom. The zero-order chi connectivity index (χ0) is 25.5. The number of carbonyl (C=O) groups is 2. The molecule has 0 bridgehead atoms. The molecular weight excluding hydrogens is 448 g/mol. The van der Waals surface area contributed by atoms with Gasteiger partial charge in [0, 0.05) is 5.57 Å². The molecule has 0 spiro atoms. The van der Waals surface area contributed by atoms with E-state index in [0.29, 0.717) is 12.2 Å². The van der Waals surface area contributed by atoms with Crippen LogP contribution < -0.4 is 0 Å². The summed E-state index contributed by atoms with van der Waals surface area (Å²) in [4.78, 5) is 24.1. The lowest BCUT2D eigenvalue weighted by molar-refractivity contribution is -0.138. The molecule has 0 saturated carbocycles. The highest BCUT2D eigenvalue weighted by molar-refractivity contribution is 6.74. The summed E-state index contributed by atoms with van der Waals surface area (Å²) in [6.45, 7) is 18.9. The summed E-state index contributed by atoms with van der Waals surface area (Å²) in [5, 5.41) is 0. The number of esters is 1. The van der Waals surface area contributed by atoms with Crippen LogP contribution in [0, 0.1) is 0 Å². The second-order valence-electron chi connectivity index (χ2n) is 8.76. The minimum absolute atomic E-state index is 0.321. The van der Waals surface area contributed by atoms with Crippen LogP contribution >= 0.6 is 0 Å². The predicted octanol–water partition coefficient (Wildman–Crippen LogP) is 6.98. The number of ether oxygens (including phenoxy) is 1. The van der Waals surface area contributed by atoms with Crippen LogP contribution in [0.4, 0.5) is 0 Å². The van der Waals surface area contributed by atoms with Crippen molar-refractivity contribution >= 4 is 28.9 Å². The Hall–Kier alpha value is -1.29. The fraction of sp³-hybridized carbons (Fsp3) is 0.692. The minimum atomic E-state index is -2.02. The fourth-order valence-electron chi connectivity index (χ4n) is 3.99. The Kier molecular flexibility index (Phi) is 15.0. The highest BCUT2D eigenvalue weighted by Crippen LogP contribution is 2.34. The van der Waals surface area contributed by atoms with Gasteiger partial charge in [-0.15, -0.1) is 0 Å². The molecule has 190 valence electrons. The summed E-state index contributed by atoms with van der Waals surface area (Å²) in [5.74, 6) is -0.321. The molecule has 0 aromatic rings. The molecule has 0 fully saturated rings. The van der Waals surface area contributed by atoms with E-state index in [1.807, 2.05) is 25.2 Å². The molecule has 0 radical (unpaired) electrons. The highest BCUT2D eigenvalue weighted by Gasteiger charge is 2.45. The SMILES string of the molecule is CCOC(=O)/C(C)=C/C=C/C=C[C@@](C)(O[Si](CC)(CC)CC)[C@H](C=O)O[Si](CC)(CC)CC. The summed E-state index contributed by atoms with van der Waals surface area (Å²) < 4.78 is 18.6. The molecular formula is C26H48O5Si2. The lowest BCUT2D eigenvalue weighted by Crippen LogP contribution is -2.55. The van der Waals surface area contributed by atoms with E-state index in [2.05, 4.69) is 41.5 Å². The van der Waals surface area contributed by atoms with Gasteiger partial charge in [0.2, 0.25) is 0 Å². The zero-order valence-electron chi connectivity index (χ0n) is 22.5. The van der Waals surface area contributed by atoms with Crippen LogP contribution in [0.2, 0.25) is 36.3 Å². The summed E-state index contributed by atoms with van der Waals surface area (Å²) in [6.07, 6.45) is 9.50.